The molecule has 1 N–H and O–H groups in total. The Kier molecular flexibility index (Phi) is 4.38. The number of hydrogen-bond donors (Lipinski definition) is 1. The standard InChI is InChI=1S/C16H23N3/c1-5-19-11-16(14(4)18-19)13(3)17-10-15-8-6-7-12(2)9-15/h6-9,11,13,17H,5,10H2,1-4H3. The molecule has 1 aromatic heterocycles. The van der Waals surface area contributed by atoms with Gasteiger partial charge in [0.1, 0.15) is 0 Å². The monoisotopic (exact) mass is 257 g/mol. The van der Waals surface area contributed by atoms with E-state index in [0.717, 1.165) is 18.8 Å². The predicted molar refractivity (Wildman–Crippen MR) is 79.1 cm³/mol. The van der Waals surface area contributed by atoms with Crippen molar-refractivity contribution in [1.82, 2.24) is 15.1 Å². The summed E-state index contributed by atoms with van der Waals surface area (Å²) in [6.07, 6.45) is 2.14. The number of nitrogens with one attached hydrogen (secondary N) is 1. The highest BCUT2D eigenvalue weighted by Crippen LogP contribution is 2.16. The predicted octanol–water partition coefficient (Wildman–Crippen LogP) is 3.37. The van der Waals surface area contributed by atoms with Gasteiger partial charge < -0.3 is 5.32 Å². The van der Waals surface area contributed by atoms with E-state index in [2.05, 4.69) is 68.6 Å². The molecule has 3 nitrogen and oxygen atoms in total. The molecular formula is C16H23N3. The van der Waals surface area contributed by atoms with Crippen LogP contribution in [-0.4, -0.2) is 9.78 Å². The van der Waals surface area contributed by atoms with Crippen LogP contribution >= 0.6 is 0 Å². The molecule has 1 heterocycles. The van der Waals surface area contributed by atoms with Crippen LogP contribution in [-0.2, 0) is 13.1 Å². The molecule has 102 valence electrons. The van der Waals surface area contributed by atoms with Crippen LogP contribution in [0.25, 0.3) is 0 Å². The van der Waals surface area contributed by atoms with Crippen LogP contribution in [0.2, 0.25) is 0 Å². The van der Waals surface area contributed by atoms with Crippen molar-refractivity contribution in [1.29, 1.82) is 0 Å². The van der Waals surface area contributed by atoms with Crippen LogP contribution < -0.4 is 5.32 Å². The van der Waals surface area contributed by atoms with Gasteiger partial charge in [0.2, 0.25) is 0 Å². The smallest absolute Gasteiger partial charge is 0.0641 e. The van der Waals surface area contributed by atoms with Crippen molar-refractivity contribution in [3.63, 3.8) is 0 Å². The van der Waals surface area contributed by atoms with Gasteiger partial charge in [-0.3, -0.25) is 4.68 Å². The van der Waals surface area contributed by atoms with E-state index in [9.17, 15) is 0 Å². The third-order valence-corrected chi connectivity index (χ3v) is 3.47. The molecule has 2 rings (SSSR count). The van der Waals surface area contributed by atoms with Crippen molar-refractivity contribution in [3.8, 4) is 0 Å². The van der Waals surface area contributed by atoms with Crippen molar-refractivity contribution in [3.05, 3.63) is 52.8 Å². The second-order valence-corrected chi connectivity index (χ2v) is 5.12. The minimum absolute atomic E-state index is 0.320. The highest BCUT2D eigenvalue weighted by Gasteiger charge is 2.11. The molecule has 0 bridgehead atoms. The molecule has 0 radical (unpaired) electrons. The summed E-state index contributed by atoms with van der Waals surface area (Å²) in [6, 6.07) is 8.94. The van der Waals surface area contributed by atoms with Crippen molar-refractivity contribution in [2.45, 2.75) is 46.8 Å². The third-order valence-electron chi connectivity index (χ3n) is 3.47. The molecule has 0 aliphatic rings. The fourth-order valence-corrected chi connectivity index (χ4v) is 2.32. The van der Waals surface area contributed by atoms with Crippen LogP contribution in [0, 0.1) is 13.8 Å². The lowest BCUT2D eigenvalue weighted by Crippen LogP contribution is -2.18. The van der Waals surface area contributed by atoms with E-state index >= 15 is 0 Å². The van der Waals surface area contributed by atoms with Crippen LogP contribution in [0.4, 0.5) is 0 Å². The van der Waals surface area contributed by atoms with Gasteiger partial charge in [-0.05, 0) is 33.3 Å². The Labute approximate surface area is 115 Å². The van der Waals surface area contributed by atoms with E-state index in [1.807, 2.05) is 4.68 Å². The normalized spacial score (nSPS) is 12.6. The van der Waals surface area contributed by atoms with Gasteiger partial charge in [0.05, 0.1) is 5.69 Å². The number of aromatic nitrogens is 2. The van der Waals surface area contributed by atoms with E-state index in [-0.39, 0.29) is 0 Å². The molecule has 0 spiro atoms. The zero-order valence-corrected chi connectivity index (χ0v) is 12.3. The number of aryl methyl sites for hydroxylation is 3. The molecule has 0 saturated carbocycles. The molecule has 0 aliphatic carbocycles. The number of rotatable bonds is 5. The SMILES string of the molecule is CCn1cc(C(C)NCc2cccc(C)c2)c(C)n1. The van der Waals surface area contributed by atoms with Gasteiger partial charge in [0.15, 0.2) is 0 Å². The lowest BCUT2D eigenvalue weighted by Gasteiger charge is -2.13. The van der Waals surface area contributed by atoms with Gasteiger partial charge in [-0.25, -0.2) is 0 Å². The molecule has 0 aliphatic heterocycles. The van der Waals surface area contributed by atoms with E-state index in [1.54, 1.807) is 0 Å². The quantitative estimate of drug-likeness (QED) is 0.890. The summed E-state index contributed by atoms with van der Waals surface area (Å²) in [4.78, 5) is 0. The second kappa shape index (κ2) is 6.02. The minimum Gasteiger partial charge on any atom is -0.306 e. The average Bonchev–Trinajstić information content (AvgIpc) is 2.77. The van der Waals surface area contributed by atoms with E-state index < -0.39 is 0 Å². The Bertz CT molecular complexity index is 543. The summed E-state index contributed by atoms with van der Waals surface area (Å²) >= 11 is 0. The van der Waals surface area contributed by atoms with Gasteiger partial charge in [-0.2, -0.15) is 5.10 Å². The van der Waals surface area contributed by atoms with Gasteiger partial charge in [0, 0.05) is 30.9 Å². The van der Waals surface area contributed by atoms with Crippen LogP contribution in [0.3, 0.4) is 0 Å². The van der Waals surface area contributed by atoms with E-state index in [4.69, 9.17) is 0 Å². The Morgan fingerprint density at radius 1 is 1.32 bits per heavy atom. The lowest BCUT2D eigenvalue weighted by molar-refractivity contribution is 0.571. The highest BCUT2D eigenvalue weighted by molar-refractivity contribution is 5.23. The maximum absolute atomic E-state index is 4.50. The first-order valence-electron chi connectivity index (χ1n) is 6.93. The number of hydrogen-bond acceptors (Lipinski definition) is 2. The molecule has 1 unspecified atom stereocenters. The Hall–Kier alpha value is -1.61. The summed E-state index contributed by atoms with van der Waals surface area (Å²) in [5, 5.41) is 8.06. The first-order valence-corrected chi connectivity index (χ1v) is 6.93. The summed E-state index contributed by atoms with van der Waals surface area (Å²) in [5.41, 5.74) is 5.04. The lowest BCUT2D eigenvalue weighted by atomic mass is 10.1. The molecule has 0 saturated heterocycles. The first-order chi connectivity index (χ1) is 9.10. The molecule has 1 atom stereocenters. The molecule has 3 heteroatoms. The topological polar surface area (TPSA) is 29.9 Å². The van der Waals surface area contributed by atoms with Gasteiger partial charge in [-0.1, -0.05) is 29.8 Å². The van der Waals surface area contributed by atoms with Crippen molar-refractivity contribution >= 4 is 0 Å². The maximum Gasteiger partial charge on any atom is 0.0641 e. The Morgan fingerprint density at radius 2 is 2.11 bits per heavy atom. The van der Waals surface area contributed by atoms with Crippen molar-refractivity contribution in [2.24, 2.45) is 0 Å². The summed E-state index contributed by atoms with van der Waals surface area (Å²) in [6.45, 7) is 10.3. The van der Waals surface area contributed by atoms with Crippen molar-refractivity contribution in [2.75, 3.05) is 0 Å². The van der Waals surface area contributed by atoms with Crippen LogP contribution in [0.5, 0.6) is 0 Å². The first kappa shape index (κ1) is 13.8. The molecule has 0 amide bonds. The maximum atomic E-state index is 4.50. The number of benzene rings is 1. The number of nitrogens with zero attached hydrogens (tertiary/aromatic N) is 2. The molecule has 0 fully saturated rings. The Balaban J connectivity index is 2.00. The molecular weight excluding hydrogens is 234 g/mol. The van der Waals surface area contributed by atoms with Gasteiger partial charge in [-0.15, -0.1) is 0 Å². The fourth-order valence-electron chi connectivity index (χ4n) is 2.32. The zero-order valence-electron chi connectivity index (χ0n) is 12.3. The average molecular weight is 257 g/mol. The van der Waals surface area contributed by atoms with Crippen LogP contribution in [0.15, 0.2) is 30.5 Å². The van der Waals surface area contributed by atoms with Gasteiger partial charge in [0.25, 0.3) is 0 Å². The van der Waals surface area contributed by atoms with E-state index in [1.165, 1.54) is 16.7 Å². The van der Waals surface area contributed by atoms with Crippen LogP contribution in [0.1, 0.15) is 42.3 Å². The minimum atomic E-state index is 0.320. The zero-order chi connectivity index (χ0) is 13.8. The molecule has 1 aromatic carbocycles. The molecule has 19 heavy (non-hydrogen) atoms. The highest BCUT2D eigenvalue weighted by atomic mass is 15.3. The van der Waals surface area contributed by atoms with E-state index in [0.29, 0.717) is 6.04 Å². The summed E-state index contributed by atoms with van der Waals surface area (Å²) in [7, 11) is 0. The Morgan fingerprint density at radius 3 is 2.74 bits per heavy atom. The largest absolute Gasteiger partial charge is 0.306 e. The fraction of sp³-hybridized carbons (Fsp3) is 0.438. The second-order valence-electron chi connectivity index (χ2n) is 5.12. The molecule has 2 aromatic rings. The summed E-state index contributed by atoms with van der Waals surface area (Å²) in [5.74, 6) is 0. The summed E-state index contributed by atoms with van der Waals surface area (Å²) < 4.78 is 2.00. The van der Waals surface area contributed by atoms with Crippen molar-refractivity contribution < 1.29 is 0 Å². The third kappa shape index (κ3) is 3.44. The van der Waals surface area contributed by atoms with Gasteiger partial charge >= 0.3 is 0 Å².